The summed E-state index contributed by atoms with van der Waals surface area (Å²) in [6.07, 6.45) is -3.13. The minimum absolute atomic E-state index is 0.0534. The second kappa shape index (κ2) is 10.0. The molecule has 3 rings (SSSR count). The van der Waals surface area contributed by atoms with Crippen LogP contribution in [0.5, 0.6) is 0 Å². The Labute approximate surface area is 190 Å². The first-order chi connectivity index (χ1) is 15.1. The molecule has 0 aliphatic heterocycles. The number of carbonyl (C=O) groups is 2. The van der Waals surface area contributed by atoms with E-state index in [-0.39, 0.29) is 11.4 Å². The predicted molar refractivity (Wildman–Crippen MR) is 115 cm³/mol. The number of carbonyl (C=O) groups excluding carboxylic acids is 2. The molecule has 32 heavy (non-hydrogen) atoms. The van der Waals surface area contributed by atoms with Gasteiger partial charge in [-0.05, 0) is 30.3 Å². The van der Waals surface area contributed by atoms with Crippen LogP contribution in [0.4, 0.5) is 18.9 Å². The van der Waals surface area contributed by atoms with E-state index in [0.29, 0.717) is 15.9 Å². The molecule has 1 aromatic heterocycles. The third kappa shape index (κ3) is 6.01. The molecule has 0 bridgehead atoms. The normalized spacial score (nSPS) is 11.3. The minimum Gasteiger partial charge on any atom is -0.336 e. The molecule has 0 atom stereocenters. The van der Waals surface area contributed by atoms with Gasteiger partial charge in [0.2, 0.25) is 11.8 Å². The summed E-state index contributed by atoms with van der Waals surface area (Å²) in [7, 11) is 1.39. The fourth-order valence-electron chi connectivity index (χ4n) is 2.70. The highest BCUT2D eigenvalue weighted by Crippen LogP contribution is 2.34. The van der Waals surface area contributed by atoms with E-state index in [1.165, 1.54) is 25.5 Å². The third-order valence-corrected chi connectivity index (χ3v) is 5.40. The van der Waals surface area contributed by atoms with Crippen molar-refractivity contribution >= 4 is 40.9 Å². The molecular formula is C20H17ClF3N5O2S. The highest BCUT2D eigenvalue weighted by molar-refractivity contribution is 7.99. The monoisotopic (exact) mass is 483 g/mol. The number of rotatable bonds is 7. The van der Waals surface area contributed by atoms with Crippen molar-refractivity contribution in [3.63, 3.8) is 0 Å². The number of para-hydroxylation sites is 1. The van der Waals surface area contributed by atoms with Gasteiger partial charge in [-0.15, -0.1) is 10.2 Å². The van der Waals surface area contributed by atoms with Crippen molar-refractivity contribution in [1.82, 2.24) is 19.7 Å². The standard InChI is InChI=1S/C20H17ClF3N5O2S/c1-28(10-17(30)26-16-8-3-2-7-15(16)20(22,23)24)18(31)11-32-19-27-25-12-29(19)14-6-4-5-13(21)9-14/h2-9,12H,10-11H2,1H3,(H,26,30). The molecule has 0 saturated heterocycles. The molecule has 0 spiro atoms. The second-order valence-electron chi connectivity index (χ2n) is 6.59. The van der Waals surface area contributed by atoms with Gasteiger partial charge in [0, 0.05) is 12.1 Å². The molecule has 0 saturated carbocycles. The van der Waals surface area contributed by atoms with Gasteiger partial charge in [-0.2, -0.15) is 13.2 Å². The number of halogens is 4. The number of hydrogen-bond acceptors (Lipinski definition) is 5. The van der Waals surface area contributed by atoms with Crippen LogP contribution in [0.2, 0.25) is 5.02 Å². The van der Waals surface area contributed by atoms with Gasteiger partial charge in [0.15, 0.2) is 5.16 Å². The predicted octanol–water partition coefficient (Wildman–Crippen LogP) is 4.13. The van der Waals surface area contributed by atoms with Gasteiger partial charge >= 0.3 is 6.18 Å². The van der Waals surface area contributed by atoms with Crippen LogP contribution in [0.3, 0.4) is 0 Å². The van der Waals surface area contributed by atoms with Gasteiger partial charge in [-0.25, -0.2) is 0 Å². The van der Waals surface area contributed by atoms with Gasteiger partial charge in [0.05, 0.1) is 29.2 Å². The second-order valence-corrected chi connectivity index (χ2v) is 7.97. The van der Waals surface area contributed by atoms with E-state index < -0.39 is 30.1 Å². The Balaban J connectivity index is 1.58. The van der Waals surface area contributed by atoms with Gasteiger partial charge in [-0.1, -0.05) is 41.6 Å². The molecule has 2 aromatic carbocycles. The molecule has 12 heteroatoms. The molecule has 2 amide bonds. The molecule has 7 nitrogen and oxygen atoms in total. The quantitative estimate of drug-likeness (QED) is 0.511. The maximum absolute atomic E-state index is 13.1. The van der Waals surface area contributed by atoms with Crippen LogP contribution < -0.4 is 5.32 Å². The van der Waals surface area contributed by atoms with Crippen LogP contribution in [-0.4, -0.2) is 50.8 Å². The molecule has 0 unspecified atom stereocenters. The van der Waals surface area contributed by atoms with Crippen molar-refractivity contribution in [2.45, 2.75) is 11.3 Å². The summed E-state index contributed by atoms with van der Waals surface area (Å²) in [6.45, 7) is -0.410. The number of likely N-dealkylation sites (N-methyl/N-ethyl adjacent to an activating group) is 1. The van der Waals surface area contributed by atoms with Crippen molar-refractivity contribution in [3.8, 4) is 5.69 Å². The largest absolute Gasteiger partial charge is 0.418 e. The van der Waals surface area contributed by atoms with E-state index in [9.17, 15) is 22.8 Å². The van der Waals surface area contributed by atoms with E-state index in [1.807, 2.05) is 0 Å². The summed E-state index contributed by atoms with van der Waals surface area (Å²) < 4.78 is 40.8. The van der Waals surface area contributed by atoms with Crippen molar-refractivity contribution in [3.05, 3.63) is 65.4 Å². The highest BCUT2D eigenvalue weighted by Gasteiger charge is 2.33. The lowest BCUT2D eigenvalue weighted by Crippen LogP contribution is -2.36. The van der Waals surface area contributed by atoms with Gasteiger partial charge < -0.3 is 10.2 Å². The fraction of sp³-hybridized carbons (Fsp3) is 0.200. The van der Waals surface area contributed by atoms with Crippen molar-refractivity contribution in [1.29, 1.82) is 0 Å². The number of anilines is 1. The first-order valence-electron chi connectivity index (χ1n) is 9.14. The summed E-state index contributed by atoms with van der Waals surface area (Å²) in [5, 5.41) is 11.0. The van der Waals surface area contributed by atoms with Crippen molar-refractivity contribution in [2.24, 2.45) is 0 Å². The van der Waals surface area contributed by atoms with E-state index >= 15 is 0 Å². The maximum atomic E-state index is 13.1. The first-order valence-corrected chi connectivity index (χ1v) is 10.5. The molecule has 1 N–H and O–H groups in total. The third-order valence-electron chi connectivity index (χ3n) is 4.24. The number of hydrogen-bond donors (Lipinski definition) is 1. The molecule has 0 aliphatic rings. The molecule has 0 radical (unpaired) electrons. The average molecular weight is 484 g/mol. The molecule has 168 valence electrons. The first kappa shape index (κ1) is 23.6. The lowest BCUT2D eigenvalue weighted by atomic mass is 10.1. The number of nitrogens with zero attached hydrogens (tertiary/aromatic N) is 4. The Morgan fingerprint density at radius 2 is 1.94 bits per heavy atom. The zero-order valence-electron chi connectivity index (χ0n) is 16.6. The van der Waals surface area contributed by atoms with Crippen LogP contribution in [0.25, 0.3) is 5.69 Å². The van der Waals surface area contributed by atoms with E-state index in [2.05, 4.69) is 15.5 Å². The molecule has 0 aliphatic carbocycles. The van der Waals surface area contributed by atoms with Crippen molar-refractivity contribution < 1.29 is 22.8 Å². The van der Waals surface area contributed by atoms with Gasteiger partial charge in [-0.3, -0.25) is 14.2 Å². The number of amides is 2. The summed E-state index contributed by atoms with van der Waals surface area (Å²) in [5.74, 6) is -1.21. The summed E-state index contributed by atoms with van der Waals surface area (Å²) in [6, 6.07) is 11.6. The minimum atomic E-state index is -4.61. The molecule has 3 aromatic rings. The van der Waals surface area contributed by atoms with Gasteiger partial charge in [0.25, 0.3) is 0 Å². The lowest BCUT2D eigenvalue weighted by Gasteiger charge is -2.18. The average Bonchev–Trinajstić information content (AvgIpc) is 3.20. The number of aromatic nitrogens is 3. The Kier molecular flexibility index (Phi) is 7.41. The van der Waals surface area contributed by atoms with Crippen LogP contribution in [0, 0.1) is 0 Å². The van der Waals surface area contributed by atoms with Crippen LogP contribution >= 0.6 is 23.4 Å². The smallest absolute Gasteiger partial charge is 0.336 e. The topological polar surface area (TPSA) is 80.1 Å². The molecule has 0 fully saturated rings. The number of benzene rings is 2. The highest BCUT2D eigenvalue weighted by atomic mass is 35.5. The zero-order valence-corrected chi connectivity index (χ0v) is 18.2. The SMILES string of the molecule is CN(CC(=O)Nc1ccccc1C(F)(F)F)C(=O)CSc1nncn1-c1cccc(Cl)c1. The van der Waals surface area contributed by atoms with E-state index in [4.69, 9.17) is 11.6 Å². The fourth-order valence-corrected chi connectivity index (χ4v) is 3.75. The van der Waals surface area contributed by atoms with Crippen LogP contribution in [-0.2, 0) is 15.8 Å². The summed E-state index contributed by atoms with van der Waals surface area (Å²) in [5.41, 5.74) is -0.610. The van der Waals surface area contributed by atoms with Crippen LogP contribution in [0.1, 0.15) is 5.56 Å². The number of nitrogens with one attached hydrogen (secondary N) is 1. The molecular weight excluding hydrogens is 467 g/mol. The zero-order chi connectivity index (χ0) is 23.3. The Morgan fingerprint density at radius 1 is 1.19 bits per heavy atom. The Bertz CT molecular complexity index is 1120. The lowest BCUT2D eigenvalue weighted by molar-refractivity contribution is -0.137. The van der Waals surface area contributed by atoms with E-state index in [0.717, 1.165) is 28.8 Å². The Hall–Kier alpha value is -3.05. The van der Waals surface area contributed by atoms with Crippen molar-refractivity contribution in [2.75, 3.05) is 24.7 Å². The molecule has 1 heterocycles. The van der Waals surface area contributed by atoms with E-state index in [1.54, 1.807) is 28.8 Å². The number of alkyl halides is 3. The van der Waals surface area contributed by atoms with Crippen LogP contribution in [0.15, 0.2) is 60.0 Å². The maximum Gasteiger partial charge on any atom is 0.418 e. The Morgan fingerprint density at radius 3 is 2.66 bits per heavy atom. The van der Waals surface area contributed by atoms with Gasteiger partial charge in [0.1, 0.15) is 6.33 Å². The summed E-state index contributed by atoms with van der Waals surface area (Å²) >= 11 is 7.10. The number of thioether (sulfide) groups is 1. The summed E-state index contributed by atoms with van der Waals surface area (Å²) in [4.78, 5) is 25.7.